The molecular weight excluding hydrogens is 250 g/mol. The van der Waals surface area contributed by atoms with Gasteiger partial charge in [-0.3, -0.25) is 4.90 Å². The van der Waals surface area contributed by atoms with Crippen LogP contribution in [0.15, 0.2) is 42.7 Å². The van der Waals surface area contributed by atoms with Gasteiger partial charge in [0.05, 0.1) is 0 Å². The maximum absolute atomic E-state index is 5.71. The minimum atomic E-state index is 0.819. The van der Waals surface area contributed by atoms with Crippen LogP contribution in [-0.2, 0) is 6.54 Å². The SMILES string of the molecule is Nc1ccc(CN2CCN(c3ncccn3)CC2)cc1. The highest BCUT2D eigenvalue weighted by molar-refractivity contribution is 5.39. The second kappa shape index (κ2) is 5.88. The van der Waals surface area contributed by atoms with E-state index in [2.05, 4.69) is 31.9 Å². The number of aromatic nitrogens is 2. The lowest BCUT2D eigenvalue weighted by Gasteiger charge is -2.34. The van der Waals surface area contributed by atoms with E-state index in [-0.39, 0.29) is 0 Å². The maximum Gasteiger partial charge on any atom is 0.225 e. The fourth-order valence-corrected chi connectivity index (χ4v) is 2.44. The summed E-state index contributed by atoms with van der Waals surface area (Å²) in [7, 11) is 0. The lowest BCUT2D eigenvalue weighted by molar-refractivity contribution is 0.248. The molecule has 5 nitrogen and oxygen atoms in total. The molecule has 0 atom stereocenters. The predicted octanol–water partition coefficient (Wildman–Crippen LogP) is 1.38. The van der Waals surface area contributed by atoms with Crippen molar-refractivity contribution in [2.45, 2.75) is 6.54 Å². The van der Waals surface area contributed by atoms with Crippen LogP contribution in [0.5, 0.6) is 0 Å². The van der Waals surface area contributed by atoms with Gasteiger partial charge in [-0.2, -0.15) is 0 Å². The van der Waals surface area contributed by atoms with Crippen molar-refractivity contribution in [2.24, 2.45) is 0 Å². The lowest BCUT2D eigenvalue weighted by atomic mass is 10.2. The molecule has 0 saturated carbocycles. The number of hydrogen-bond acceptors (Lipinski definition) is 5. The molecule has 2 heterocycles. The zero-order valence-electron chi connectivity index (χ0n) is 11.4. The van der Waals surface area contributed by atoms with Gasteiger partial charge in [0.15, 0.2) is 0 Å². The van der Waals surface area contributed by atoms with E-state index in [1.807, 2.05) is 18.2 Å². The number of rotatable bonds is 3. The Morgan fingerprint density at radius 2 is 1.60 bits per heavy atom. The summed E-state index contributed by atoms with van der Waals surface area (Å²) in [6.45, 7) is 4.98. The highest BCUT2D eigenvalue weighted by Crippen LogP contribution is 2.13. The molecular formula is C15H19N5. The summed E-state index contributed by atoms with van der Waals surface area (Å²) in [5.41, 5.74) is 7.84. The van der Waals surface area contributed by atoms with Gasteiger partial charge in [-0.05, 0) is 23.8 Å². The van der Waals surface area contributed by atoms with Crippen molar-refractivity contribution >= 4 is 11.6 Å². The van der Waals surface area contributed by atoms with E-state index in [9.17, 15) is 0 Å². The number of piperazine rings is 1. The van der Waals surface area contributed by atoms with Gasteiger partial charge in [0, 0.05) is 50.8 Å². The molecule has 1 fully saturated rings. The Kier molecular flexibility index (Phi) is 3.78. The van der Waals surface area contributed by atoms with Crippen molar-refractivity contribution in [2.75, 3.05) is 36.8 Å². The number of hydrogen-bond donors (Lipinski definition) is 1. The van der Waals surface area contributed by atoms with Gasteiger partial charge in [0.25, 0.3) is 0 Å². The zero-order valence-corrected chi connectivity index (χ0v) is 11.4. The molecule has 0 radical (unpaired) electrons. The normalized spacial score (nSPS) is 16.3. The predicted molar refractivity (Wildman–Crippen MR) is 80.4 cm³/mol. The summed E-state index contributed by atoms with van der Waals surface area (Å²) in [6, 6.07) is 9.97. The van der Waals surface area contributed by atoms with E-state index < -0.39 is 0 Å². The average Bonchev–Trinajstić information content (AvgIpc) is 2.51. The van der Waals surface area contributed by atoms with Crippen molar-refractivity contribution in [1.82, 2.24) is 14.9 Å². The monoisotopic (exact) mass is 269 g/mol. The van der Waals surface area contributed by atoms with E-state index in [1.165, 1.54) is 5.56 Å². The van der Waals surface area contributed by atoms with Gasteiger partial charge in [0.2, 0.25) is 5.95 Å². The van der Waals surface area contributed by atoms with Crippen LogP contribution in [-0.4, -0.2) is 41.0 Å². The van der Waals surface area contributed by atoms with Gasteiger partial charge in [-0.15, -0.1) is 0 Å². The summed E-state index contributed by atoms with van der Waals surface area (Å²) < 4.78 is 0. The molecule has 0 amide bonds. The van der Waals surface area contributed by atoms with Crippen molar-refractivity contribution in [3.63, 3.8) is 0 Å². The average molecular weight is 269 g/mol. The molecule has 1 saturated heterocycles. The maximum atomic E-state index is 5.71. The molecule has 20 heavy (non-hydrogen) atoms. The second-order valence-electron chi connectivity index (χ2n) is 5.05. The number of nitrogens with zero attached hydrogens (tertiary/aromatic N) is 4. The minimum Gasteiger partial charge on any atom is -0.399 e. The third-order valence-electron chi connectivity index (χ3n) is 3.59. The van der Waals surface area contributed by atoms with Gasteiger partial charge in [-0.1, -0.05) is 12.1 Å². The van der Waals surface area contributed by atoms with Crippen LogP contribution in [0.4, 0.5) is 11.6 Å². The summed E-state index contributed by atoms with van der Waals surface area (Å²) in [5, 5.41) is 0. The molecule has 2 N–H and O–H groups in total. The van der Waals surface area contributed by atoms with Crippen LogP contribution < -0.4 is 10.6 Å². The first-order chi connectivity index (χ1) is 9.81. The van der Waals surface area contributed by atoms with Crippen LogP contribution in [0.1, 0.15) is 5.56 Å². The molecule has 1 aromatic heterocycles. The molecule has 3 rings (SSSR count). The highest BCUT2D eigenvalue weighted by Gasteiger charge is 2.18. The zero-order chi connectivity index (χ0) is 13.8. The van der Waals surface area contributed by atoms with Crippen LogP contribution in [0.25, 0.3) is 0 Å². The molecule has 2 aromatic rings. The Bertz CT molecular complexity index is 532. The Hall–Kier alpha value is -2.14. The third-order valence-corrected chi connectivity index (χ3v) is 3.59. The van der Waals surface area contributed by atoms with Gasteiger partial charge in [-0.25, -0.2) is 9.97 Å². The fourth-order valence-electron chi connectivity index (χ4n) is 2.44. The van der Waals surface area contributed by atoms with Gasteiger partial charge < -0.3 is 10.6 Å². The molecule has 5 heteroatoms. The molecule has 1 aromatic carbocycles. The lowest BCUT2D eigenvalue weighted by Crippen LogP contribution is -2.46. The van der Waals surface area contributed by atoms with Crippen LogP contribution in [0.2, 0.25) is 0 Å². The van der Waals surface area contributed by atoms with Crippen molar-refractivity contribution in [3.05, 3.63) is 48.3 Å². The van der Waals surface area contributed by atoms with Crippen LogP contribution >= 0.6 is 0 Å². The fraction of sp³-hybridized carbons (Fsp3) is 0.333. The first kappa shape index (κ1) is 12.9. The molecule has 104 valence electrons. The van der Waals surface area contributed by atoms with Gasteiger partial charge >= 0.3 is 0 Å². The summed E-state index contributed by atoms with van der Waals surface area (Å²) in [6.07, 6.45) is 3.59. The Morgan fingerprint density at radius 3 is 2.25 bits per heavy atom. The second-order valence-corrected chi connectivity index (χ2v) is 5.05. The molecule has 1 aliphatic rings. The van der Waals surface area contributed by atoms with E-state index in [1.54, 1.807) is 12.4 Å². The van der Waals surface area contributed by atoms with E-state index in [4.69, 9.17) is 5.73 Å². The minimum absolute atomic E-state index is 0.819. The topological polar surface area (TPSA) is 58.3 Å². The molecule has 1 aliphatic heterocycles. The quantitative estimate of drug-likeness (QED) is 0.853. The number of anilines is 2. The number of benzene rings is 1. The standard InChI is InChI=1S/C15H19N5/c16-14-4-2-13(3-5-14)12-19-8-10-20(11-9-19)15-17-6-1-7-18-15/h1-7H,8-12,16H2. The van der Waals surface area contributed by atoms with Crippen LogP contribution in [0, 0.1) is 0 Å². The summed E-state index contributed by atoms with van der Waals surface area (Å²) in [4.78, 5) is 13.3. The number of nitrogen functional groups attached to an aromatic ring is 1. The van der Waals surface area contributed by atoms with E-state index in [0.717, 1.165) is 44.4 Å². The van der Waals surface area contributed by atoms with E-state index in [0.29, 0.717) is 0 Å². The number of nitrogens with two attached hydrogens (primary N) is 1. The molecule has 0 bridgehead atoms. The first-order valence-corrected chi connectivity index (χ1v) is 6.90. The highest BCUT2D eigenvalue weighted by atomic mass is 15.3. The molecule has 0 unspecified atom stereocenters. The summed E-state index contributed by atoms with van der Waals surface area (Å²) in [5.74, 6) is 0.833. The van der Waals surface area contributed by atoms with Crippen molar-refractivity contribution in [3.8, 4) is 0 Å². The van der Waals surface area contributed by atoms with Crippen molar-refractivity contribution in [1.29, 1.82) is 0 Å². The third kappa shape index (κ3) is 3.05. The molecule has 0 aliphatic carbocycles. The Morgan fingerprint density at radius 1 is 0.950 bits per heavy atom. The van der Waals surface area contributed by atoms with Crippen LogP contribution in [0.3, 0.4) is 0 Å². The first-order valence-electron chi connectivity index (χ1n) is 6.90. The smallest absolute Gasteiger partial charge is 0.225 e. The molecule has 0 spiro atoms. The van der Waals surface area contributed by atoms with Crippen molar-refractivity contribution < 1.29 is 0 Å². The summed E-state index contributed by atoms with van der Waals surface area (Å²) >= 11 is 0. The van der Waals surface area contributed by atoms with E-state index >= 15 is 0 Å². The Labute approximate surface area is 119 Å². The van der Waals surface area contributed by atoms with Gasteiger partial charge in [0.1, 0.15) is 0 Å². The largest absolute Gasteiger partial charge is 0.399 e. The Balaban J connectivity index is 1.55.